The number of nitrogens with one attached hydrogen (secondary N) is 1. The van der Waals surface area contributed by atoms with Crippen LogP contribution in [0.5, 0.6) is 11.5 Å². The Labute approximate surface area is 225 Å². The van der Waals surface area contributed by atoms with Crippen LogP contribution in [0.3, 0.4) is 0 Å². The SMILES string of the molecule is CC1(COc2c(N3CCN(SNCc4ccc(O)c(N)c4)CC3)cnn(-c3cccc(Cl)c3)c2=O)CC1. The van der Waals surface area contributed by atoms with Crippen molar-refractivity contribution in [2.45, 2.75) is 26.3 Å². The molecule has 2 heterocycles. The summed E-state index contributed by atoms with van der Waals surface area (Å²) in [4.78, 5) is 15.7. The molecule has 2 fully saturated rings. The molecule has 0 unspecified atom stereocenters. The Kier molecular flexibility index (Phi) is 7.52. The first-order chi connectivity index (χ1) is 17.8. The Bertz CT molecular complexity index is 1320. The van der Waals surface area contributed by atoms with Crippen LogP contribution < -0.4 is 25.7 Å². The molecule has 0 spiro atoms. The minimum absolute atomic E-state index is 0.0943. The van der Waals surface area contributed by atoms with Crippen LogP contribution in [0.15, 0.2) is 53.5 Å². The summed E-state index contributed by atoms with van der Waals surface area (Å²) in [5.74, 6) is 0.434. The lowest BCUT2D eigenvalue weighted by molar-refractivity contribution is 0.242. The number of hydrogen-bond acceptors (Lipinski definition) is 9. The number of nitrogens with zero attached hydrogens (tertiary/aromatic N) is 4. The number of benzene rings is 2. The molecular formula is C26H31ClN6O3S. The third-order valence-electron chi connectivity index (χ3n) is 6.78. The molecule has 1 saturated carbocycles. The maximum atomic E-state index is 13.5. The number of anilines is 2. The van der Waals surface area contributed by atoms with Gasteiger partial charge in [-0.1, -0.05) is 30.7 Å². The summed E-state index contributed by atoms with van der Waals surface area (Å²) in [7, 11) is 0. The quantitative estimate of drug-likeness (QED) is 0.211. The first kappa shape index (κ1) is 25.7. The topological polar surface area (TPSA) is 109 Å². The Morgan fingerprint density at radius 3 is 2.68 bits per heavy atom. The van der Waals surface area contributed by atoms with Crippen molar-refractivity contribution in [2.24, 2.45) is 5.41 Å². The number of rotatable bonds is 9. The van der Waals surface area contributed by atoms with Gasteiger partial charge in [0.15, 0.2) is 0 Å². The van der Waals surface area contributed by atoms with Gasteiger partial charge in [-0.15, -0.1) is 0 Å². The number of phenolic OH excluding ortho intramolecular Hbond substituents is 1. The zero-order chi connectivity index (χ0) is 26.0. The number of aromatic hydroxyl groups is 1. The van der Waals surface area contributed by atoms with Gasteiger partial charge >= 0.3 is 5.56 Å². The molecule has 11 heteroatoms. The molecule has 0 bridgehead atoms. The van der Waals surface area contributed by atoms with E-state index in [0.717, 1.165) is 50.3 Å². The van der Waals surface area contributed by atoms with E-state index >= 15 is 0 Å². The van der Waals surface area contributed by atoms with Gasteiger partial charge in [-0.05, 0) is 48.7 Å². The summed E-state index contributed by atoms with van der Waals surface area (Å²) in [6.45, 7) is 6.37. The predicted octanol–water partition coefficient (Wildman–Crippen LogP) is 3.83. The van der Waals surface area contributed by atoms with E-state index in [1.165, 1.54) is 4.68 Å². The van der Waals surface area contributed by atoms with E-state index in [-0.39, 0.29) is 16.7 Å². The highest BCUT2D eigenvalue weighted by Crippen LogP contribution is 2.45. The fourth-order valence-electron chi connectivity index (χ4n) is 4.13. The lowest BCUT2D eigenvalue weighted by Crippen LogP contribution is -2.45. The average Bonchev–Trinajstić information content (AvgIpc) is 3.63. The standard InChI is InChI=1S/C26H31ClN6O3S/c1-26(7-8-26)17-36-24-22(16-29-33(25(24)35)20-4-2-3-19(27)14-20)31-9-11-32(12-10-31)37-30-15-18-5-6-23(34)21(28)13-18/h2-6,13-14,16,30,34H,7-12,15,17,28H2,1H3. The number of nitrogen functional groups attached to an aromatic ring is 1. The maximum absolute atomic E-state index is 13.5. The summed E-state index contributed by atoms with van der Waals surface area (Å²) < 4.78 is 13.1. The smallest absolute Gasteiger partial charge is 0.316 e. The normalized spacial score (nSPS) is 17.1. The molecule has 1 aromatic heterocycles. The van der Waals surface area contributed by atoms with E-state index in [2.05, 4.69) is 25.9 Å². The van der Waals surface area contributed by atoms with E-state index in [1.807, 2.05) is 6.07 Å². The summed E-state index contributed by atoms with van der Waals surface area (Å²) in [5.41, 5.74) is 8.34. The zero-order valence-corrected chi connectivity index (χ0v) is 22.3. The van der Waals surface area contributed by atoms with Crippen LogP contribution >= 0.6 is 23.7 Å². The van der Waals surface area contributed by atoms with Crippen LogP contribution in [0.4, 0.5) is 11.4 Å². The molecule has 0 radical (unpaired) electrons. The minimum Gasteiger partial charge on any atom is -0.506 e. The summed E-state index contributed by atoms with van der Waals surface area (Å²) in [6.07, 6.45) is 3.94. The predicted molar refractivity (Wildman–Crippen MR) is 148 cm³/mol. The first-order valence-electron chi connectivity index (χ1n) is 12.3. The van der Waals surface area contributed by atoms with Crippen LogP contribution in [0.2, 0.25) is 5.02 Å². The van der Waals surface area contributed by atoms with Crippen molar-refractivity contribution in [3.63, 3.8) is 0 Å². The largest absolute Gasteiger partial charge is 0.506 e. The van der Waals surface area contributed by atoms with Crippen molar-refractivity contribution in [1.82, 2.24) is 18.8 Å². The molecule has 37 heavy (non-hydrogen) atoms. The molecule has 2 aromatic carbocycles. The fourth-order valence-corrected chi connectivity index (χ4v) is 5.07. The number of halogens is 1. The van der Waals surface area contributed by atoms with Crippen LogP contribution in [-0.2, 0) is 6.54 Å². The van der Waals surface area contributed by atoms with Crippen LogP contribution in [-0.4, -0.2) is 52.0 Å². The van der Waals surface area contributed by atoms with Gasteiger partial charge in [0.1, 0.15) is 11.4 Å². The molecule has 5 rings (SSSR count). The number of ether oxygens (including phenoxy) is 1. The molecule has 3 aromatic rings. The van der Waals surface area contributed by atoms with Gasteiger partial charge in [0.2, 0.25) is 5.75 Å². The average molecular weight is 543 g/mol. The highest BCUT2D eigenvalue weighted by molar-refractivity contribution is 7.95. The second-order valence-corrected chi connectivity index (χ2v) is 11.3. The maximum Gasteiger partial charge on any atom is 0.316 e. The molecule has 0 amide bonds. The van der Waals surface area contributed by atoms with Gasteiger partial charge in [0, 0.05) is 55.3 Å². The molecule has 196 valence electrons. The monoisotopic (exact) mass is 542 g/mol. The molecule has 4 N–H and O–H groups in total. The third kappa shape index (κ3) is 6.15. The summed E-state index contributed by atoms with van der Waals surface area (Å²) in [5, 5.41) is 14.6. The zero-order valence-electron chi connectivity index (χ0n) is 20.7. The van der Waals surface area contributed by atoms with Gasteiger partial charge in [-0.25, -0.2) is 9.03 Å². The van der Waals surface area contributed by atoms with E-state index in [1.54, 1.807) is 54.7 Å². The lowest BCUT2D eigenvalue weighted by Gasteiger charge is -2.35. The molecule has 9 nitrogen and oxygen atoms in total. The van der Waals surface area contributed by atoms with E-state index in [9.17, 15) is 9.90 Å². The van der Waals surface area contributed by atoms with Gasteiger partial charge in [0.25, 0.3) is 0 Å². The van der Waals surface area contributed by atoms with Crippen LogP contribution in [0.1, 0.15) is 25.3 Å². The van der Waals surface area contributed by atoms with Crippen LogP contribution in [0.25, 0.3) is 5.69 Å². The number of hydrogen-bond donors (Lipinski definition) is 3. The first-order valence-corrected chi connectivity index (χ1v) is 13.4. The van der Waals surface area contributed by atoms with E-state index in [0.29, 0.717) is 35.3 Å². The van der Waals surface area contributed by atoms with Crippen molar-refractivity contribution in [1.29, 1.82) is 0 Å². The highest BCUT2D eigenvalue weighted by atomic mass is 35.5. The summed E-state index contributed by atoms with van der Waals surface area (Å²) >= 11 is 7.71. The summed E-state index contributed by atoms with van der Waals surface area (Å²) in [6, 6.07) is 12.3. The van der Waals surface area contributed by atoms with Crippen molar-refractivity contribution in [2.75, 3.05) is 43.4 Å². The molecule has 1 aliphatic carbocycles. The van der Waals surface area contributed by atoms with Gasteiger partial charge < -0.3 is 20.5 Å². The van der Waals surface area contributed by atoms with Gasteiger partial charge in [-0.3, -0.25) is 4.79 Å². The number of nitrogens with two attached hydrogens (primary N) is 1. The molecule has 0 atom stereocenters. The Hall–Kier alpha value is -2.92. The fraction of sp³-hybridized carbons (Fsp3) is 0.385. The Balaban J connectivity index is 1.26. The molecule has 1 aliphatic heterocycles. The molecular weight excluding hydrogens is 512 g/mol. The van der Waals surface area contributed by atoms with Crippen molar-refractivity contribution in [3.8, 4) is 17.2 Å². The van der Waals surface area contributed by atoms with E-state index in [4.69, 9.17) is 22.1 Å². The highest BCUT2D eigenvalue weighted by Gasteiger charge is 2.39. The molecule has 1 saturated heterocycles. The lowest BCUT2D eigenvalue weighted by atomic mass is 10.2. The van der Waals surface area contributed by atoms with Crippen LogP contribution in [0, 0.1) is 5.41 Å². The van der Waals surface area contributed by atoms with Crippen molar-refractivity contribution < 1.29 is 9.84 Å². The number of phenols is 1. The number of piperazine rings is 1. The second-order valence-electron chi connectivity index (χ2n) is 9.88. The van der Waals surface area contributed by atoms with Crippen molar-refractivity contribution in [3.05, 3.63) is 69.6 Å². The number of aromatic nitrogens is 2. The van der Waals surface area contributed by atoms with Gasteiger partial charge in [-0.2, -0.15) is 9.78 Å². The minimum atomic E-state index is -0.282. The van der Waals surface area contributed by atoms with E-state index < -0.39 is 0 Å². The van der Waals surface area contributed by atoms with Crippen molar-refractivity contribution >= 4 is 35.1 Å². The van der Waals surface area contributed by atoms with Gasteiger partial charge in [0.05, 0.1) is 24.2 Å². The third-order valence-corrected chi connectivity index (χ3v) is 7.91. The second kappa shape index (κ2) is 10.8. The molecule has 2 aliphatic rings. The Morgan fingerprint density at radius 2 is 1.97 bits per heavy atom. The Morgan fingerprint density at radius 1 is 1.19 bits per heavy atom.